The van der Waals surface area contributed by atoms with Crippen molar-refractivity contribution in [3.63, 3.8) is 0 Å². The number of esters is 2. The van der Waals surface area contributed by atoms with Gasteiger partial charge < -0.3 is 14.6 Å². The molecule has 0 saturated heterocycles. The van der Waals surface area contributed by atoms with Gasteiger partial charge in [-0.25, -0.2) is 0 Å². The maximum atomic E-state index is 12.5. The van der Waals surface area contributed by atoms with E-state index in [0.717, 1.165) is 0 Å². The van der Waals surface area contributed by atoms with Crippen LogP contribution < -0.4 is 0 Å². The highest BCUT2D eigenvalue weighted by atomic mass is 16.6. The summed E-state index contributed by atoms with van der Waals surface area (Å²) in [6.07, 6.45) is 1.91. The quantitative estimate of drug-likeness (QED) is 0.618. The Balaban J connectivity index is 1.89. The fraction of sp³-hybridized carbons (Fsp3) is 0.824. The van der Waals surface area contributed by atoms with E-state index in [0.29, 0.717) is 25.7 Å². The Bertz CT molecular complexity index is 523. The molecule has 3 rings (SSSR count). The van der Waals surface area contributed by atoms with Gasteiger partial charge in [0.15, 0.2) is 5.41 Å². The number of fused-ring (bicyclic) bond motifs is 3. The third kappa shape index (κ3) is 2.30. The van der Waals surface area contributed by atoms with Gasteiger partial charge in [0.05, 0.1) is 18.8 Å². The normalized spacial score (nSPS) is 37.3. The molecule has 6 heteroatoms. The zero-order chi connectivity index (χ0) is 16.8. The average molecular weight is 324 g/mol. The van der Waals surface area contributed by atoms with E-state index in [4.69, 9.17) is 9.47 Å². The van der Waals surface area contributed by atoms with E-state index in [1.165, 1.54) is 0 Å². The van der Waals surface area contributed by atoms with Gasteiger partial charge in [0.1, 0.15) is 5.78 Å². The second kappa shape index (κ2) is 5.58. The van der Waals surface area contributed by atoms with Crippen molar-refractivity contribution < 1.29 is 29.0 Å². The standard InChI is InChI=1S/C17H24O6/c1-3-22-14(19)16(15(20)23-4-2)7-10-8-17(21)6-5-12(18)13(17)11(10)9-16/h10-11,13,21H,3-9H2,1-2H3/t10-,11-,13-,17+/m1/s1. The van der Waals surface area contributed by atoms with E-state index in [9.17, 15) is 19.5 Å². The van der Waals surface area contributed by atoms with Gasteiger partial charge in [-0.15, -0.1) is 0 Å². The Morgan fingerprint density at radius 1 is 1.13 bits per heavy atom. The maximum absolute atomic E-state index is 12.5. The van der Waals surface area contributed by atoms with Crippen molar-refractivity contribution in [3.8, 4) is 0 Å². The van der Waals surface area contributed by atoms with E-state index in [1.807, 2.05) is 0 Å². The average Bonchev–Trinajstić information content (AvgIpc) is 3.06. The molecule has 0 heterocycles. The molecule has 3 aliphatic rings. The van der Waals surface area contributed by atoms with Crippen LogP contribution in [0, 0.1) is 23.2 Å². The van der Waals surface area contributed by atoms with Crippen LogP contribution in [0.2, 0.25) is 0 Å². The first-order chi connectivity index (χ1) is 10.9. The number of hydrogen-bond acceptors (Lipinski definition) is 6. The molecule has 3 aliphatic carbocycles. The first-order valence-electron chi connectivity index (χ1n) is 8.47. The molecule has 0 aromatic heterocycles. The van der Waals surface area contributed by atoms with Gasteiger partial charge in [0, 0.05) is 12.3 Å². The summed E-state index contributed by atoms with van der Waals surface area (Å²) in [7, 11) is 0. The summed E-state index contributed by atoms with van der Waals surface area (Å²) in [6.45, 7) is 3.79. The monoisotopic (exact) mass is 324 g/mol. The first-order valence-corrected chi connectivity index (χ1v) is 8.47. The van der Waals surface area contributed by atoms with Gasteiger partial charge in [-0.1, -0.05) is 0 Å². The molecule has 0 aromatic carbocycles. The molecule has 3 saturated carbocycles. The topological polar surface area (TPSA) is 89.9 Å². The van der Waals surface area contributed by atoms with Gasteiger partial charge in [0.25, 0.3) is 0 Å². The maximum Gasteiger partial charge on any atom is 0.323 e. The molecule has 0 aliphatic heterocycles. The zero-order valence-corrected chi connectivity index (χ0v) is 13.7. The number of rotatable bonds is 4. The van der Waals surface area contributed by atoms with E-state index < -0.39 is 28.9 Å². The first kappa shape index (κ1) is 16.4. The van der Waals surface area contributed by atoms with Crippen molar-refractivity contribution in [1.82, 2.24) is 0 Å². The molecule has 23 heavy (non-hydrogen) atoms. The molecule has 0 amide bonds. The van der Waals surface area contributed by atoms with Crippen molar-refractivity contribution >= 4 is 17.7 Å². The van der Waals surface area contributed by atoms with Crippen LogP contribution in [0.3, 0.4) is 0 Å². The number of carbonyl (C=O) groups is 3. The second-order valence-electron chi connectivity index (χ2n) is 7.11. The fourth-order valence-corrected chi connectivity index (χ4v) is 5.09. The Labute approximate surface area is 135 Å². The van der Waals surface area contributed by atoms with Crippen LogP contribution in [0.4, 0.5) is 0 Å². The number of carbonyl (C=O) groups excluding carboxylic acids is 3. The minimum absolute atomic E-state index is 0.0111. The molecule has 0 radical (unpaired) electrons. The number of hydrogen-bond donors (Lipinski definition) is 1. The van der Waals surface area contributed by atoms with Gasteiger partial charge in [-0.3, -0.25) is 14.4 Å². The third-order valence-corrected chi connectivity index (χ3v) is 5.91. The van der Waals surface area contributed by atoms with Crippen LogP contribution in [-0.4, -0.2) is 41.6 Å². The molecule has 0 spiro atoms. The molecular weight excluding hydrogens is 300 g/mol. The van der Waals surface area contributed by atoms with Gasteiger partial charge in [-0.2, -0.15) is 0 Å². The molecule has 1 N–H and O–H groups in total. The minimum atomic E-state index is -1.31. The van der Waals surface area contributed by atoms with Crippen molar-refractivity contribution in [2.75, 3.05) is 13.2 Å². The largest absolute Gasteiger partial charge is 0.465 e. The molecular formula is C17H24O6. The number of ether oxygens (including phenoxy) is 2. The molecule has 3 fully saturated rings. The SMILES string of the molecule is CCOC(=O)C1(C(=O)OCC)C[C@@H]2C[C@@]3(O)CCC(=O)[C@H]3[C@@H]2C1. The molecule has 0 aromatic rings. The summed E-state index contributed by atoms with van der Waals surface area (Å²) in [6, 6.07) is 0. The number of aliphatic hydroxyl groups is 1. The zero-order valence-electron chi connectivity index (χ0n) is 13.7. The molecule has 6 nitrogen and oxygen atoms in total. The van der Waals surface area contributed by atoms with Crippen LogP contribution >= 0.6 is 0 Å². The predicted octanol–water partition coefficient (Wildman–Crippen LogP) is 1.24. The second-order valence-corrected chi connectivity index (χ2v) is 7.11. The lowest BCUT2D eigenvalue weighted by molar-refractivity contribution is -0.173. The van der Waals surface area contributed by atoms with Gasteiger partial charge in [-0.05, 0) is 51.4 Å². The van der Waals surface area contributed by atoms with Crippen LogP contribution in [0.15, 0.2) is 0 Å². The highest BCUT2D eigenvalue weighted by Gasteiger charge is 2.68. The van der Waals surface area contributed by atoms with Crippen molar-refractivity contribution in [1.29, 1.82) is 0 Å². The third-order valence-electron chi connectivity index (χ3n) is 5.91. The highest BCUT2D eigenvalue weighted by molar-refractivity contribution is 6.01. The smallest absolute Gasteiger partial charge is 0.323 e. The summed E-state index contributed by atoms with van der Waals surface area (Å²) >= 11 is 0. The Kier molecular flexibility index (Phi) is 3.99. The van der Waals surface area contributed by atoms with E-state index in [1.54, 1.807) is 13.8 Å². The molecule has 0 unspecified atom stereocenters. The van der Waals surface area contributed by atoms with Crippen molar-refractivity contribution in [2.24, 2.45) is 23.2 Å². The van der Waals surface area contributed by atoms with E-state index in [-0.39, 0.29) is 37.3 Å². The lowest BCUT2D eigenvalue weighted by Crippen LogP contribution is -2.42. The van der Waals surface area contributed by atoms with Crippen LogP contribution in [-0.2, 0) is 23.9 Å². The summed E-state index contributed by atoms with van der Waals surface area (Å²) in [5.74, 6) is -1.64. The van der Waals surface area contributed by atoms with Crippen LogP contribution in [0.1, 0.15) is 46.0 Å². The number of ketones is 1. The summed E-state index contributed by atoms with van der Waals surface area (Å²) in [4.78, 5) is 37.2. The Hall–Kier alpha value is -1.43. The van der Waals surface area contributed by atoms with Crippen LogP contribution in [0.25, 0.3) is 0 Å². The summed E-state index contributed by atoms with van der Waals surface area (Å²) in [5.41, 5.74) is -2.26. The van der Waals surface area contributed by atoms with Crippen LogP contribution in [0.5, 0.6) is 0 Å². The summed E-state index contributed by atoms with van der Waals surface area (Å²) in [5, 5.41) is 10.7. The molecule has 128 valence electrons. The lowest BCUT2D eigenvalue weighted by atomic mass is 9.79. The van der Waals surface area contributed by atoms with Crippen molar-refractivity contribution in [2.45, 2.75) is 51.6 Å². The fourth-order valence-electron chi connectivity index (χ4n) is 5.09. The van der Waals surface area contributed by atoms with Crippen molar-refractivity contribution in [3.05, 3.63) is 0 Å². The van der Waals surface area contributed by atoms with Gasteiger partial charge in [0.2, 0.25) is 0 Å². The summed E-state index contributed by atoms with van der Waals surface area (Å²) < 4.78 is 10.3. The number of Topliss-reactive ketones (excluding diaryl/α,β-unsaturated/α-hetero) is 1. The van der Waals surface area contributed by atoms with E-state index >= 15 is 0 Å². The van der Waals surface area contributed by atoms with E-state index in [2.05, 4.69) is 0 Å². The predicted molar refractivity (Wildman–Crippen MR) is 79.2 cm³/mol. The molecule has 4 atom stereocenters. The Morgan fingerprint density at radius 3 is 2.30 bits per heavy atom. The lowest BCUT2D eigenvalue weighted by Gasteiger charge is -2.29. The van der Waals surface area contributed by atoms with Gasteiger partial charge >= 0.3 is 11.9 Å². The highest BCUT2D eigenvalue weighted by Crippen LogP contribution is 2.62. The minimum Gasteiger partial charge on any atom is -0.465 e. The molecule has 0 bridgehead atoms. The Morgan fingerprint density at radius 2 is 1.74 bits per heavy atom.